The molecule has 9 heteroatoms. The molecule has 1 N–H and O–H groups in total. The van der Waals surface area contributed by atoms with Gasteiger partial charge in [-0.25, -0.2) is 4.98 Å². The van der Waals surface area contributed by atoms with Crippen LogP contribution in [0, 0.1) is 0 Å². The monoisotopic (exact) mass is 439 g/mol. The topological polar surface area (TPSA) is 102 Å². The van der Waals surface area contributed by atoms with E-state index in [0.717, 1.165) is 24.8 Å². The van der Waals surface area contributed by atoms with Crippen molar-refractivity contribution in [3.8, 4) is 5.75 Å². The maximum Gasteiger partial charge on any atom is 0.308 e. The predicted molar refractivity (Wildman–Crippen MR) is 116 cm³/mol. The number of H-pyrrole nitrogens is 1. The number of fused-ring (bicyclic) bond motifs is 4. The number of hydrogen-bond donors (Lipinski definition) is 1. The summed E-state index contributed by atoms with van der Waals surface area (Å²) in [5, 5.41) is 0.672. The zero-order chi connectivity index (χ0) is 21.5. The molecule has 0 saturated heterocycles. The Morgan fingerprint density at radius 3 is 3.03 bits per heavy atom. The van der Waals surface area contributed by atoms with E-state index in [1.807, 2.05) is 12.1 Å². The summed E-state index contributed by atoms with van der Waals surface area (Å²) in [5.41, 5.74) is 1.57. The first-order chi connectivity index (χ1) is 15.0. The summed E-state index contributed by atoms with van der Waals surface area (Å²) in [6.45, 7) is 1.75. The molecule has 5 rings (SSSR count). The Bertz CT molecular complexity index is 1250. The van der Waals surface area contributed by atoms with Gasteiger partial charge in [0.05, 0.1) is 17.5 Å². The van der Waals surface area contributed by atoms with Crippen LogP contribution in [0.5, 0.6) is 5.75 Å². The van der Waals surface area contributed by atoms with Crippen molar-refractivity contribution in [1.29, 1.82) is 0 Å². The summed E-state index contributed by atoms with van der Waals surface area (Å²) in [4.78, 5) is 48.0. The van der Waals surface area contributed by atoms with E-state index in [1.165, 1.54) is 4.88 Å². The summed E-state index contributed by atoms with van der Waals surface area (Å²) in [6, 6.07) is 7.23. The molecule has 0 saturated carbocycles. The fraction of sp³-hybridized carbons (Fsp3) is 0.364. The molecule has 1 aliphatic heterocycles. The molecule has 0 radical (unpaired) electrons. The van der Waals surface area contributed by atoms with Gasteiger partial charge in [0.1, 0.15) is 23.0 Å². The van der Waals surface area contributed by atoms with Crippen LogP contribution in [0.25, 0.3) is 10.2 Å². The van der Waals surface area contributed by atoms with Crippen molar-refractivity contribution in [3.63, 3.8) is 0 Å². The first kappa shape index (κ1) is 19.7. The molecule has 31 heavy (non-hydrogen) atoms. The van der Waals surface area contributed by atoms with Crippen LogP contribution in [0.15, 0.2) is 29.1 Å². The van der Waals surface area contributed by atoms with E-state index in [-0.39, 0.29) is 31.0 Å². The van der Waals surface area contributed by atoms with Crippen LogP contribution in [0.3, 0.4) is 0 Å². The van der Waals surface area contributed by atoms with Crippen LogP contribution in [0.2, 0.25) is 0 Å². The number of benzene rings is 1. The second kappa shape index (κ2) is 7.81. The SMILES string of the molecule is CC1Oc2ccccc2N(CCC(=O)OCc2nc3sc4c(c3c(=O)[nH]2)CCC4)C1=O. The molecule has 1 aromatic carbocycles. The number of hydrogen-bond acceptors (Lipinski definition) is 7. The smallest absolute Gasteiger partial charge is 0.308 e. The highest BCUT2D eigenvalue weighted by Crippen LogP contribution is 2.35. The lowest BCUT2D eigenvalue weighted by Gasteiger charge is -2.32. The molecule has 1 atom stereocenters. The van der Waals surface area contributed by atoms with Crippen molar-refractivity contribution in [2.75, 3.05) is 11.4 Å². The highest BCUT2D eigenvalue weighted by atomic mass is 32.1. The molecular weight excluding hydrogens is 418 g/mol. The molecule has 3 heterocycles. The normalized spacial score (nSPS) is 17.4. The highest BCUT2D eigenvalue weighted by molar-refractivity contribution is 7.18. The second-order valence-electron chi connectivity index (χ2n) is 7.68. The zero-order valence-corrected chi connectivity index (χ0v) is 17.8. The minimum atomic E-state index is -0.612. The van der Waals surface area contributed by atoms with E-state index in [2.05, 4.69) is 9.97 Å². The Kier molecular flexibility index (Phi) is 4.97. The van der Waals surface area contributed by atoms with E-state index in [4.69, 9.17) is 9.47 Å². The fourth-order valence-corrected chi connectivity index (χ4v) is 5.41. The molecular formula is C22H21N3O5S. The number of carbonyl (C=O) groups is 2. The van der Waals surface area contributed by atoms with Gasteiger partial charge in [-0.05, 0) is 43.9 Å². The van der Waals surface area contributed by atoms with E-state index in [0.29, 0.717) is 27.5 Å². The van der Waals surface area contributed by atoms with Crippen molar-refractivity contribution in [2.24, 2.45) is 0 Å². The van der Waals surface area contributed by atoms with E-state index >= 15 is 0 Å². The van der Waals surface area contributed by atoms with Crippen LogP contribution in [-0.2, 0) is 33.8 Å². The summed E-state index contributed by atoms with van der Waals surface area (Å²) in [5.74, 6) is 0.266. The van der Waals surface area contributed by atoms with Gasteiger partial charge in [-0.15, -0.1) is 11.3 Å². The van der Waals surface area contributed by atoms with E-state index < -0.39 is 12.1 Å². The van der Waals surface area contributed by atoms with Crippen molar-refractivity contribution < 1.29 is 19.1 Å². The Labute approximate surface area is 181 Å². The molecule has 3 aromatic rings. The first-order valence-corrected chi connectivity index (χ1v) is 11.1. The number of para-hydroxylation sites is 2. The van der Waals surface area contributed by atoms with Gasteiger partial charge in [-0.1, -0.05) is 12.1 Å². The summed E-state index contributed by atoms with van der Waals surface area (Å²) < 4.78 is 10.9. The number of thiophene rings is 1. The molecule has 2 aromatic heterocycles. The summed E-state index contributed by atoms with van der Waals surface area (Å²) in [7, 11) is 0. The lowest BCUT2D eigenvalue weighted by atomic mass is 10.2. The lowest BCUT2D eigenvalue weighted by Crippen LogP contribution is -2.45. The van der Waals surface area contributed by atoms with Gasteiger partial charge < -0.3 is 19.4 Å². The van der Waals surface area contributed by atoms with E-state index in [1.54, 1.807) is 35.3 Å². The van der Waals surface area contributed by atoms with Gasteiger partial charge in [0.15, 0.2) is 6.10 Å². The third kappa shape index (κ3) is 3.59. The Morgan fingerprint density at radius 1 is 1.32 bits per heavy atom. The number of nitrogens with zero attached hydrogens (tertiary/aromatic N) is 2. The van der Waals surface area contributed by atoms with E-state index in [9.17, 15) is 14.4 Å². The minimum Gasteiger partial charge on any atom is -0.479 e. The number of ether oxygens (including phenoxy) is 2. The van der Waals surface area contributed by atoms with Gasteiger partial charge in [0.2, 0.25) is 0 Å². The van der Waals surface area contributed by atoms with Crippen LogP contribution < -0.4 is 15.2 Å². The number of nitrogens with one attached hydrogen (secondary N) is 1. The average Bonchev–Trinajstić information content (AvgIpc) is 3.33. The maximum absolute atomic E-state index is 12.5. The average molecular weight is 439 g/mol. The minimum absolute atomic E-state index is 0.0204. The standard InChI is InChI=1S/C22H21N3O5S/c1-12-22(28)25(14-6-2-3-7-15(14)30-12)10-9-18(26)29-11-17-23-20(27)19-13-5-4-8-16(13)31-21(19)24-17/h2-3,6-7,12H,4-5,8-11H2,1H3,(H,23,24,27). The van der Waals surface area contributed by atoms with Crippen molar-refractivity contribution in [3.05, 3.63) is 50.9 Å². The van der Waals surface area contributed by atoms with Crippen LogP contribution in [-0.4, -0.2) is 34.5 Å². The molecule has 8 nitrogen and oxygen atoms in total. The maximum atomic E-state index is 12.5. The van der Waals surface area contributed by atoms with Gasteiger partial charge >= 0.3 is 5.97 Å². The Morgan fingerprint density at radius 2 is 2.16 bits per heavy atom. The molecule has 1 aliphatic carbocycles. The van der Waals surface area contributed by atoms with Gasteiger partial charge in [-0.3, -0.25) is 14.4 Å². The van der Waals surface area contributed by atoms with Crippen molar-refractivity contribution in [1.82, 2.24) is 9.97 Å². The number of amides is 1. The fourth-order valence-electron chi connectivity index (χ4n) is 4.13. The number of esters is 1. The molecule has 1 amide bonds. The highest BCUT2D eigenvalue weighted by Gasteiger charge is 2.31. The van der Waals surface area contributed by atoms with Crippen LogP contribution >= 0.6 is 11.3 Å². The second-order valence-corrected chi connectivity index (χ2v) is 8.76. The molecule has 0 spiro atoms. The Balaban J connectivity index is 1.24. The first-order valence-electron chi connectivity index (χ1n) is 10.3. The van der Waals surface area contributed by atoms with Gasteiger partial charge in [0.25, 0.3) is 11.5 Å². The number of anilines is 1. The molecule has 0 fully saturated rings. The quantitative estimate of drug-likeness (QED) is 0.614. The largest absolute Gasteiger partial charge is 0.479 e. The van der Waals surface area contributed by atoms with Crippen LogP contribution in [0.4, 0.5) is 5.69 Å². The summed E-state index contributed by atoms with van der Waals surface area (Å²) >= 11 is 1.54. The molecule has 0 bridgehead atoms. The number of aromatic amines is 1. The summed E-state index contributed by atoms with van der Waals surface area (Å²) in [6.07, 6.45) is 2.38. The van der Waals surface area contributed by atoms with Gasteiger partial charge in [0, 0.05) is 11.4 Å². The number of carbonyl (C=O) groups excluding carboxylic acids is 2. The van der Waals surface area contributed by atoms with Crippen molar-refractivity contribution in [2.45, 2.75) is 45.3 Å². The third-order valence-electron chi connectivity index (χ3n) is 5.61. The number of rotatable bonds is 5. The van der Waals surface area contributed by atoms with Crippen LogP contribution in [0.1, 0.15) is 36.0 Å². The number of aryl methyl sites for hydroxylation is 2. The molecule has 1 unspecified atom stereocenters. The number of aromatic nitrogens is 2. The predicted octanol–water partition coefficient (Wildman–Crippen LogP) is 2.72. The molecule has 2 aliphatic rings. The molecule has 160 valence electrons. The Hall–Kier alpha value is -3.20. The van der Waals surface area contributed by atoms with Gasteiger partial charge in [-0.2, -0.15) is 0 Å². The third-order valence-corrected chi connectivity index (χ3v) is 6.79. The lowest BCUT2D eigenvalue weighted by molar-refractivity contribution is -0.145. The van der Waals surface area contributed by atoms with Crippen molar-refractivity contribution >= 4 is 39.1 Å². The zero-order valence-electron chi connectivity index (χ0n) is 17.0.